The Bertz CT molecular complexity index is 1270. The lowest BCUT2D eigenvalue weighted by Crippen LogP contribution is -2.22. The highest BCUT2D eigenvalue weighted by Crippen LogP contribution is 2.43. The third-order valence-electron chi connectivity index (χ3n) is 6.19. The van der Waals surface area contributed by atoms with Crippen molar-refractivity contribution < 1.29 is 0 Å². The normalized spacial score (nSPS) is 18.2. The van der Waals surface area contributed by atoms with Crippen LogP contribution < -0.4 is 16.4 Å². The number of rotatable bonds is 7. The molecule has 0 bridgehead atoms. The van der Waals surface area contributed by atoms with Gasteiger partial charge >= 0.3 is 0 Å². The third kappa shape index (κ3) is 5.21. The molecule has 0 radical (unpaired) electrons. The number of pyridine rings is 1. The van der Waals surface area contributed by atoms with Crippen LogP contribution >= 0.6 is 40.2 Å². The number of hydrogen-bond donors (Lipinski definition) is 3. The van der Waals surface area contributed by atoms with Gasteiger partial charge in [-0.1, -0.05) is 6.07 Å². The van der Waals surface area contributed by atoms with E-state index in [2.05, 4.69) is 66.5 Å². The molecule has 1 saturated carbocycles. The zero-order valence-electron chi connectivity index (χ0n) is 19.4. The number of allylic oxidation sites excluding steroid dienone is 1. The van der Waals surface area contributed by atoms with Crippen molar-refractivity contribution in [3.8, 4) is 0 Å². The van der Waals surface area contributed by atoms with Gasteiger partial charge in [0.1, 0.15) is 17.2 Å². The summed E-state index contributed by atoms with van der Waals surface area (Å²) in [5.74, 6) is 2.71. The van der Waals surface area contributed by atoms with Crippen LogP contribution in [-0.2, 0) is 0 Å². The molecule has 0 spiro atoms. The molecule has 3 heterocycles. The highest BCUT2D eigenvalue weighted by Gasteiger charge is 2.24. The summed E-state index contributed by atoms with van der Waals surface area (Å²) in [5, 5.41) is 7.05. The number of amidine groups is 1. The number of thioether (sulfide) groups is 1. The summed E-state index contributed by atoms with van der Waals surface area (Å²) in [6, 6.07) is 8.70. The molecule has 34 heavy (non-hydrogen) atoms. The Balaban J connectivity index is 1.55. The van der Waals surface area contributed by atoms with E-state index in [0.717, 1.165) is 52.9 Å². The lowest BCUT2D eigenvalue weighted by molar-refractivity contribution is 0.588. The number of imidazole rings is 1. The molecule has 4 N–H and O–H groups in total. The second-order valence-corrected chi connectivity index (χ2v) is 11.6. The zero-order valence-corrected chi connectivity index (χ0v) is 23.3. The number of piperidine rings is 1. The van der Waals surface area contributed by atoms with Crippen LogP contribution in [0.25, 0.3) is 11.2 Å². The van der Waals surface area contributed by atoms with E-state index in [1.807, 2.05) is 19.1 Å². The van der Waals surface area contributed by atoms with Gasteiger partial charge in [-0.05, 0) is 97.0 Å². The summed E-state index contributed by atoms with van der Waals surface area (Å²) in [5.41, 5.74) is 12.5. The van der Waals surface area contributed by atoms with Crippen LogP contribution in [0.4, 0.5) is 17.2 Å². The Kier molecular flexibility index (Phi) is 7.32. The molecule has 1 aliphatic carbocycles. The topological polar surface area (TPSA) is 93.2 Å². The average Bonchev–Trinajstić information content (AvgIpc) is 3.63. The number of halogens is 1. The Morgan fingerprint density at radius 2 is 2.15 bits per heavy atom. The summed E-state index contributed by atoms with van der Waals surface area (Å²) in [4.78, 5) is 15.6. The second-order valence-electron chi connectivity index (χ2n) is 8.73. The quantitative estimate of drug-likeness (QED) is 0.0934. The number of nitrogens with zero attached hydrogens (tertiary/aromatic N) is 4. The van der Waals surface area contributed by atoms with Crippen LogP contribution in [0.3, 0.4) is 0 Å². The minimum atomic E-state index is 0.459. The van der Waals surface area contributed by atoms with E-state index in [0.29, 0.717) is 18.0 Å². The molecular weight excluding hydrogens is 576 g/mol. The minimum absolute atomic E-state index is 0.459. The number of fused-ring (bicyclic) bond motifs is 1. The third-order valence-corrected chi connectivity index (χ3v) is 9.12. The van der Waals surface area contributed by atoms with Gasteiger partial charge in [0, 0.05) is 23.2 Å². The fraction of sp³-hybridized carbons (Fsp3) is 0.375. The van der Waals surface area contributed by atoms with Gasteiger partial charge in [-0.25, -0.2) is 15.0 Å². The van der Waals surface area contributed by atoms with Gasteiger partial charge in [0.25, 0.3) is 0 Å². The molecule has 178 valence electrons. The summed E-state index contributed by atoms with van der Waals surface area (Å²) in [6.45, 7) is 3.01. The SMILES string of the molecule is CSc1cc(C2CC2)ccc1Nc1cc(N=C(N)/C=C2/CCCCN2)nc2c1nc(C)n2PI. The molecule has 2 aromatic heterocycles. The molecule has 10 heteroatoms. The molecule has 1 saturated heterocycles. The Morgan fingerprint density at radius 3 is 2.85 bits per heavy atom. The monoisotopic (exact) mass is 605 g/mol. The second kappa shape index (κ2) is 10.4. The smallest absolute Gasteiger partial charge is 0.168 e. The van der Waals surface area contributed by atoms with Crippen LogP contribution in [0.2, 0.25) is 0 Å². The predicted octanol–water partition coefficient (Wildman–Crippen LogP) is 6.52. The van der Waals surface area contributed by atoms with E-state index in [9.17, 15) is 0 Å². The van der Waals surface area contributed by atoms with Gasteiger partial charge in [0.2, 0.25) is 0 Å². The standard InChI is InChI=1S/C24H29IN7PS/c1-14-28-23-19(29-18-9-8-16(15-6-7-15)11-20(18)34-2)13-22(31-24(23)32(14)33-25)30-21(26)12-17-5-3-4-10-27-17/h8-9,11-13,15,27,33H,3-7,10H2,1-2H3,(H3,26,29,30,31)/b17-12-. The largest absolute Gasteiger partial charge is 0.388 e. The number of benzene rings is 1. The molecule has 1 unspecified atom stereocenters. The lowest BCUT2D eigenvalue weighted by atomic mass is 10.1. The van der Waals surface area contributed by atoms with E-state index in [-0.39, 0.29) is 0 Å². The maximum Gasteiger partial charge on any atom is 0.168 e. The number of aromatic nitrogens is 3. The van der Waals surface area contributed by atoms with Crippen molar-refractivity contribution in [1.29, 1.82) is 0 Å². The Labute approximate surface area is 219 Å². The first-order valence-corrected chi connectivity index (χ1v) is 16.8. The number of aliphatic imine (C=N–C) groups is 1. The van der Waals surface area contributed by atoms with Crippen molar-refractivity contribution in [2.24, 2.45) is 10.7 Å². The molecule has 2 aliphatic rings. The fourth-order valence-corrected chi connectivity index (χ4v) is 7.00. The van der Waals surface area contributed by atoms with Crippen molar-refractivity contribution in [2.45, 2.75) is 49.8 Å². The van der Waals surface area contributed by atoms with Crippen molar-refractivity contribution in [3.63, 3.8) is 0 Å². The van der Waals surface area contributed by atoms with Gasteiger partial charge in [0.05, 0.1) is 17.7 Å². The van der Waals surface area contributed by atoms with Crippen LogP contribution in [0.1, 0.15) is 49.4 Å². The van der Waals surface area contributed by atoms with Gasteiger partial charge in [0.15, 0.2) is 11.5 Å². The first-order valence-electron chi connectivity index (χ1n) is 11.6. The molecule has 0 amide bonds. The highest BCUT2D eigenvalue weighted by molar-refractivity contribution is 14.2. The van der Waals surface area contributed by atoms with Gasteiger partial charge in [-0.15, -0.1) is 11.8 Å². The summed E-state index contributed by atoms with van der Waals surface area (Å²) in [6.07, 6.45) is 10.5. The molecule has 1 atom stereocenters. The average molecular weight is 605 g/mol. The fourth-order valence-electron chi connectivity index (χ4n) is 4.27. The number of nitrogens with one attached hydrogen (secondary N) is 2. The molecule has 7 nitrogen and oxygen atoms in total. The summed E-state index contributed by atoms with van der Waals surface area (Å²) in [7, 11) is 0. The van der Waals surface area contributed by atoms with E-state index in [1.54, 1.807) is 11.8 Å². The van der Waals surface area contributed by atoms with E-state index >= 15 is 0 Å². The van der Waals surface area contributed by atoms with E-state index in [4.69, 9.17) is 15.7 Å². The Hall–Kier alpha value is -1.84. The highest BCUT2D eigenvalue weighted by atomic mass is 127. The Morgan fingerprint density at radius 1 is 1.29 bits per heavy atom. The zero-order chi connectivity index (χ0) is 23.7. The molecule has 1 aromatic carbocycles. The van der Waals surface area contributed by atoms with Crippen LogP contribution in [-0.4, -0.2) is 32.9 Å². The summed E-state index contributed by atoms with van der Waals surface area (Å²) < 4.78 is 2.13. The number of anilines is 2. The minimum Gasteiger partial charge on any atom is -0.388 e. The van der Waals surface area contributed by atoms with E-state index in [1.165, 1.54) is 36.1 Å². The van der Waals surface area contributed by atoms with Crippen LogP contribution in [0, 0.1) is 6.92 Å². The molecule has 5 rings (SSSR count). The first-order chi connectivity index (χ1) is 16.6. The van der Waals surface area contributed by atoms with Crippen LogP contribution in [0.15, 0.2) is 45.9 Å². The van der Waals surface area contributed by atoms with Crippen molar-refractivity contribution in [1.82, 2.24) is 19.6 Å². The van der Waals surface area contributed by atoms with Gasteiger partial charge < -0.3 is 16.4 Å². The maximum atomic E-state index is 6.30. The first kappa shape index (κ1) is 23.9. The van der Waals surface area contributed by atoms with Crippen molar-refractivity contribution in [3.05, 3.63) is 47.4 Å². The van der Waals surface area contributed by atoms with Crippen molar-refractivity contribution in [2.75, 3.05) is 18.1 Å². The lowest BCUT2D eigenvalue weighted by Gasteiger charge is -2.16. The van der Waals surface area contributed by atoms with E-state index < -0.39 is 0 Å². The molecule has 2 fully saturated rings. The number of hydrogen-bond acceptors (Lipinski definition) is 6. The van der Waals surface area contributed by atoms with Crippen molar-refractivity contribution >= 4 is 74.4 Å². The van der Waals surface area contributed by atoms with Gasteiger partial charge in [-0.3, -0.25) is 4.34 Å². The molecule has 1 aliphatic heterocycles. The molecular formula is C24H29IN7PS. The van der Waals surface area contributed by atoms with Crippen LogP contribution in [0.5, 0.6) is 0 Å². The molecule has 3 aromatic rings. The number of nitrogens with two attached hydrogens (primary N) is 1. The maximum absolute atomic E-state index is 6.30. The summed E-state index contributed by atoms with van der Waals surface area (Å²) >= 11 is 4.13. The number of aryl methyl sites for hydroxylation is 1. The predicted molar refractivity (Wildman–Crippen MR) is 155 cm³/mol. The van der Waals surface area contributed by atoms with Gasteiger partial charge in [-0.2, -0.15) is 0 Å².